The fraction of sp³-hybridized carbons (Fsp3) is 0.429. The van der Waals surface area contributed by atoms with Crippen molar-refractivity contribution in [3.8, 4) is 0 Å². The monoisotopic (exact) mass is 288 g/mol. The van der Waals surface area contributed by atoms with E-state index < -0.39 is 0 Å². The molecule has 0 heterocycles. The molecule has 1 heteroatoms. The van der Waals surface area contributed by atoms with Crippen molar-refractivity contribution >= 4 is 0 Å². The second kappa shape index (κ2) is 2.19. The first-order valence-corrected chi connectivity index (χ1v) is 3.87. The van der Waals surface area contributed by atoms with Crippen molar-refractivity contribution in [2.75, 3.05) is 0 Å². The van der Waals surface area contributed by atoms with Gasteiger partial charge in [-0.05, 0) is 0 Å². The van der Waals surface area contributed by atoms with Crippen LogP contribution in [0.15, 0.2) is 21.7 Å². The van der Waals surface area contributed by atoms with Crippen LogP contribution >= 0.6 is 0 Å². The first-order chi connectivity index (χ1) is 3.72. The molecule has 0 aromatic heterocycles. The van der Waals surface area contributed by atoms with E-state index in [1.54, 1.807) is 0 Å². The van der Waals surface area contributed by atoms with Gasteiger partial charge in [0.2, 0.25) is 0 Å². The van der Waals surface area contributed by atoms with Crippen molar-refractivity contribution < 1.29 is 19.8 Å². The van der Waals surface area contributed by atoms with Gasteiger partial charge in [0.05, 0.1) is 0 Å². The summed E-state index contributed by atoms with van der Waals surface area (Å²) in [6.07, 6.45) is 4.42. The third kappa shape index (κ3) is 0.950. The van der Waals surface area contributed by atoms with E-state index in [0.717, 1.165) is 0 Å². The van der Waals surface area contributed by atoms with Gasteiger partial charge in [-0.2, -0.15) is 0 Å². The van der Waals surface area contributed by atoms with Crippen LogP contribution in [0.5, 0.6) is 0 Å². The maximum absolute atomic E-state index is 2.39. The average molecular weight is 288 g/mol. The molecule has 1 aliphatic carbocycles. The molecule has 8 heavy (non-hydrogen) atoms. The predicted molar refractivity (Wildman–Crippen MR) is 31.0 cm³/mol. The van der Waals surface area contributed by atoms with E-state index in [2.05, 4.69) is 45.8 Å². The fourth-order valence-electron chi connectivity index (χ4n) is 0.801. The van der Waals surface area contributed by atoms with Crippen LogP contribution in [0, 0.1) is 5.92 Å². The summed E-state index contributed by atoms with van der Waals surface area (Å²) in [5.41, 5.74) is 1.43. The van der Waals surface area contributed by atoms with Gasteiger partial charge in [-0.25, -0.2) is 0 Å². The van der Waals surface area contributed by atoms with Crippen LogP contribution in [-0.4, -0.2) is 0 Å². The summed E-state index contributed by atoms with van der Waals surface area (Å²) in [4.78, 5) is 0. The number of rotatable bonds is 0. The zero-order valence-electron chi connectivity index (χ0n) is 5.05. The van der Waals surface area contributed by atoms with E-state index in [-0.39, 0.29) is 0 Å². The molecule has 1 atom stereocenters. The fourth-order valence-corrected chi connectivity index (χ4v) is 1.21. The maximum atomic E-state index is 2.39. The molecule has 1 rings (SSSR count). The number of allylic oxidation sites excluding steroid dienone is 4. The van der Waals surface area contributed by atoms with Crippen LogP contribution in [0.4, 0.5) is 0 Å². The van der Waals surface area contributed by atoms with Crippen molar-refractivity contribution in [3.05, 3.63) is 21.7 Å². The molecule has 0 aromatic rings. The Morgan fingerprint density at radius 3 is 2.38 bits per heavy atom. The Morgan fingerprint density at radius 1 is 1.62 bits per heavy atom. The van der Waals surface area contributed by atoms with Gasteiger partial charge in [-0.1, -0.05) is 0 Å². The molecule has 0 saturated heterocycles. The second-order valence-corrected chi connectivity index (χ2v) is 3.37. The van der Waals surface area contributed by atoms with Crippen molar-refractivity contribution in [1.29, 1.82) is 0 Å². The van der Waals surface area contributed by atoms with Crippen molar-refractivity contribution in [3.63, 3.8) is 0 Å². The predicted octanol–water partition coefficient (Wildman–Crippen LogP) is 2.01. The van der Waals surface area contributed by atoms with Gasteiger partial charge in [-0.3, -0.25) is 0 Å². The molecule has 0 amide bonds. The van der Waals surface area contributed by atoms with Crippen LogP contribution in [0.25, 0.3) is 0 Å². The van der Waals surface area contributed by atoms with Gasteiger partial charge in [0, 0.05) is 0 Å². The molecular weight excluding hydrogens is 279 g/mol. The van der Waals surface area contributed by atoms with Crippen molar-refractivity contribution in [2.24, 2.45) is 5.92 Å². The molecule has 0 nitrogen and oxygen atoms in total. The first kappa shape index (κ1) is 6.29. The molecule has 0 aromatic carbocycles. The van der Waals surface area contributed by atoms with Gasteiger partial charge >= 0.3 is 61.3 Å². The van der Waals surface area contributed by atoms with E-state index in [9.17, 15) is 0 Å². The molecule has 1 unspecified atom stereocenters. The van der Waals surface area contributed by atoms with E-state index in [4.69, 9.17) is 0 Å². The van der Waals surface area contributed by atoms with Gasteiger partial charge in [0.25, 0.3) is 0 Å². The van der Waals surface area contributed by atoms with Gasteiger partial charge < -0.3 is 0 Å². The van der Waals surface area contributed by atoms with Crippen molar-refractivity contribution in [1.82, 2.24) is 0 Å². The van der Waals surface area contributed by atoms with Crippen LogP contribution in [0.1, 0.15) is 13.8 Å². The molecule has 0 bridgehead atoms. The molecule has 0 N–H and O–H groups in total. The van der Waals surface area contributed by atoms with E-state index in [1.165, 1.54) is 9.54 Å². The summed E-state index contributed by atoms with van der Waals surface area (Å²) in [5.74, 6) is 0.677. The Balaban J connectivity index is 2.85. The third-order valence-corrected chi connectivity index (χ3v) is 3.29. The SMILES string of the molecule is CC1=[C]([Pt])C(C)C=C1. The van der Waals surface area contributed by atoms with Crippen molar-refractivity contribution in [2.45, 2.75) is 13.8 Å². The van der Waals surface area contributed by atoms with Gasteiger partial charge in [0.1, 0.15) is 0 Å². The summed E-state index contributed by atoms with van der Waals surface area (Å²) in [5, 5.41) is 0. The Hall–Kier alpha value is 0.168. The quantitative estimate of drug-likeness (QED) is 0.640. The Labute approximate surface area is 61.6 Å². The number of hydrogen-bond donors (Lipinski definition) is 0. The van der Waals surface area contributed by atoms with E-state index in [1.807, 2.05) is 0 Å². The number of hydrogen-bond acceptors (Lipinski definition) is 0. The Kier molecular flexibility index (Phi) is 1.72. The van der Waals surface area contributed by atoms with E-state index >= 15 is 0 Å². The molecule has 47 valence electrons. The molecule has 0 fully saturated rings. The summed E-state index contributed by atoms with van der Waals surface area (Å²) in [6, 6.07) is 0. The van der Waals surface area contributed by atoms with Gasteiger partial charge in [-0.15, -0.1) is 0 Å². The summed E-state index contributed by atoms with van der Waals surface area (Å²) in [6.45, 7) is 4.37. The summed E-state index contributed by atoms with van der Waals surface area (Å²) >= 11 is 2.39. The molecule has 1 aliphatic rings. The minimum atomic E-state index is 0.677. The average Bonchev–Trinajstić information content (AvgIpc) is 1.98. The summed E-state index contributed by atoms with van der Waals surface area (Å²) in [7, 11) is 0. The minimum absolute atomic E-state index is 0.677. The molecule has 0 saturated carbocycles. The zero-order chi connectivity index (χ0) is 6.15. The molecular formula is C7H9Pt. The molecule has 0 aliphatic heterocycles. The van der Waals surface area contributed by atoms with Gasteiger partial charge in [0.15, 0.2) is 0 Å². The molecule has 0 radical (unpaired) electrons. The van der Waals surface area contributed by atoms with Crippen LogP contribution in [0.3, 0.4) is 0 Å². The Morgan fingerprint density at radius 2 is 2.25 bits per heavy atom. The van der Waals surface area contributed by atoms with E-state index in [0.29, 0.717) is 5.92 Å². The molecule has 0 spiro atoms. The third-order valence-electron chi connectivity index (χ3n) is 1.36. The zero-order valence-corrected chi connectivity index (χ0v) is 7.32. The van der Waals surface area contributed by atoms with Crippen LogP contribution in [-0.2, 0) is 19.8 Å². The standard InChI is InChI=1S/C7H9.Pt/c1-6-3-4-7(2)5-6;/h3-4,6H,1-2H3;. The summed E-state index contributed by atoms with van der Waals surface area (Å²) < 4.78 is 1.49. The first-order valence-electron chi connectivity index (χ1n) is 2.73. The topological polar surface area (TPSA) is 0 Å². The van der Waals surface area contributed by atoms with Crippen LogP contribution < -0.4 is 0 Å². The van der Waals surface area contributed by atoms with Crippen LogP contribution in [0.2, 0.25) is 0 Å². The Bertz CT molecular complexity index is 154. The second-order valence-electron chi connectivity index (χ2n) is 2.15. The normalized spacial score (nSPS) is 27.8.